The van der Waals surface area contributed by atoms with Gasteiger partial charge < -0.3 is 16.2 Å². The van der Waals surface area contributed by atoms with E-state index in [1.165, 1.54) is 35.0 Å². The van der Waals surface area contributed by atoms with Crippen molar-refractivity contribution in [2.75, 3.05) is 12.3 Å². The standard InChI is InChI=1S/C22H15ClF5N5O2/c23-13-5-4-11(10-6-7-33-15(8-10)31-21(29)32-33)18(26)16(13)20(35)30-9-22(27,28)19(34)12-2-1-3-14(24)17(12)25/h1-8,19,34H,9H2,(H2,29,32)(H,30,35)/t19-/m0/s1. The molecule has 0 unspecified atom stereocenters. The van der Waals surface area contributed by atoms with Crippen molar-refractivity contribution in [1.82, 2.24) is 19.9 Å². The number of anilines is 1. The predicted molar refractivity (Wildman–Crippen MR) is 116 cm³/mol. The number of rotatable bonds is 6. The van der Waals surface area contributed by atoms with Crippen LogP contribution < -0.4 is 11.1 Å². The number of aliphatic hydroxyl groups is 1. The zero-order valence-corrected chi connectivity index (χ0v) is 18.2. The Morgan fingerprint density at radius 3 is 2.66 bits per heavy atom. The monoisotopic (exact) mass is 511 g/mol. The molecule has 35 heavy (non-hydrogen) atoms. The van der Waals surface area contributed by atoms with Crippen molar-refractivity contribution in [2.45, 2.75) is 12.0 Å². The maximum atomic E-state index is 15.3. The molecule has 0 saturated carbocycles. The smallest absolute Gasteiger partial charge is 0.294 e. The number of pyridine rings is 1. The number of aromatic nitrogens is 3. The van der Waals surface area contributed by atoms with E-state index in [9.17, 15) is 27.5 Å². The molecule has 0 radical (unpaired) electrons. The molecule has 0 aliphatic heterocycles. The van der Waals surface area contributed by atoms with Gasteiger partial charge in [0.15, 0.2) is 17.3 Å². The molecule has 7 nitrogen and oxygen atoms in total. The van der Waals surface area contributed by atoms with E-state index in [1.807, 2.05) is 0 Å². The van der Waals surface area contributed by atoms with E-state index < -0.39 is 53.1 Å². The SMILES string of the molecule is Nc1nc2cc(-c3ccc(Cl)c(C(=O)NCC(F)(F)[C@@H](O)c4cccc(F)c4F)c3F)ccn2n1. The van der Waals surface area contributed by atoms with E-state index in [0.717, 1.165) is 12.1 Å². The van der Waals surface area contributed by atoms with Gasteiger partial charge in [0, 0.05) is 17.3 Å². The summed E-state index contributed by atoms with van der Waals surface area (Å²) in [5.74, 6) is -9.65. The number of hydrogen-bond acceptors (Lipinski definition) is 5. The molecule has 0 fully saturated rings. The third-order valence-corrected chi connectivity index (χ3v) is 5.46. The highest BCUT2D eigenvalue weighted by Crippen LogP contribution is 2.34. The van der Waals surface area contributed by atoms with E-state index in [1.54, 1.807) is 5.32 Å². The van der Waals surface area contributed by atoms with E-state index in [0.29, 0.717) is 11.7 Å². The highest BCUT2D eigenvalue weighted by atomic mass is 35.5. The largest absolute Gasteiger partial charge is 0.382 e. The number of nitrogens with zero attached hydrogens (tertiary/aromatic N) is 3. The number of carbonyl (C=O) groups is 1. The Balaban J connectivity index is 1.59. The molecule has 0 aliphatic rings. The van der Waals surface area contributed by atoms with Crippen LogP contribution in [0.3, 0.4) is 0 Å². The van der Waals surface area contributed by atoms with E-state index in [-0.39, 0.29) is 22.1 Å². The number of hydrogen-bond donors (Lipinski definition) is 3. The molecule has 2 heterocycles. The summed E-state index contributed by atoms with van der Waals surface area (Å²) in [6, 6.07) is 7.80. The van der Waals surface area contributed by atoms with Gasteiger partial charge in [0.25, 0.3) is 11.8 Å². The number of carbonyl (C=O) groups excluding carboxylic acids is 1. The predicted octanol–water partition coefficient (Wildman–Crippen LogP) is 4.15. The summed E-state index contributed by atoms with van der Waals surface area (Å²) in [5, 5.41) is 15.2. The Kier molecular flexibility index (Phi) is 6.34. The van der Waals surface area contributed by atoms with Gasteiger partial charge in [-0.2, -0.15) is 4.98 Å². The number of halogens is 6. The number of benzene rings is 2. The third kappa shape index (κ3) is 4.62. The van der Waals surface area contributed by atoms with Crippen molar-refractivity contribution in [3.05, 3.63) is 82.3 Å². The lowest BCUT2D eigenvalue weighted by molar-refractivity contribution is -0.108. The Labute approximate surface area is 199 Å². The summed E-state index contributed by atoms with van der Waals surface area (Å²) < 4.78 is 72.7. The normalized spacial score (nSPS) is 12.7. The van der Waals surface area contributed by atoms with Crippen molar-refractivity contribution in [3.63, 3.8) is 0 Å². The van der Waals surface area contributed by atoms with Crippen LogP contribution in [0.5, 0.6) is 0 Å². The minimum atomic E-state index is -4.14. The maximum Gasteiger partial charge on any atom is 0.294 e. The number of fused-ring (bicyclic) bond motifs is 1. The first kappa shape index (κ1) is 24.4. The lowest BCUT2D eigenvalue weighted by Crippen LogP contribution is -2.41. The van der Waals surface area contributed by atoms with Gasteiger partial charge in [-0.25, -0.2) is 26.5 Å². The molecule has 4 rings (SSSR count). The summed E-state index contributed by atoms with van der Waals surface area (Å²) in [6.45, 7) is -1.52. The number of nitrogens with two attached hydrogens (primary N) is 1. The number of nitrogen functional groups attached to an aromatic ring is 1. The van der Waals surface area contributed by atoms with Crippen molar-refractivity contribution in [3.8, 4) is 11.1 Å². The van der Waals surface area contributed by atoms with Crippen LogP contribution in [0.1, 0.15) is 22.0 Å². The second-order valence-electron chi connectivity index (χ2n) is 7.46. The zero-order chi connectivity index (χ0) is 25.5. The van der Waals surface area contributed by atoms with Gasteiger partial charge in [0.05, 0.1) is 17.1 Å². The van der Waals surface area contributed by atoms with Gasteiger partial charge in [0.2, 0.25) is 5.95 Å². The summed E-state index contributed by atoms with van der Waals surface area (Å²) in [4.78, 5) is 16.5. The first-order chi connectivity index (χ1) is 16.5. The first-order valence-corrected chi connectivity index (χ1v) is 10.3. The van der Waals surface area contributed by atoms with Crippen LogP contribution in [0.2, 0.25) is 5.02 Å². The molecule has 2 aromatic heterocycles. The molecule has 182 valence electrons. The van der Waals surface area contributed by atoms with Gasteiger partial charge in [0.1, 0.15) is 11.9 Å². The van der Waals surface area contributed by atoms with Crippen LogP contribution in [0.4, 0.5) is 27.9 Å². The molecular formula is C22H15ClF5N5O2. The highest BCUT2D eigenvalue weighted by molar-refractivity contribution is 6.34. The molecule has 2 aromatic carbocycles. The molecule has 4 N–H and O–H groups in total. The van der Waals surface area contributed by atoms with Crippen LogP contribution in [0.15, 0.2) is 48.7 Å². The molecule has 0 bridgehead atoms. The van der Waals surface area contributed by atoms with Gasteiger partial charge in [-0.15, -0.1) is 5.10 Å². The minimum absolute atomic E-state index is 0.0139. The van der Waals surface area contributed by atoms with E-state index >= 15 is 4.39 Å². The Hall–Kier alpha value is -3.77. The molecule has 1 amide bonds. The fraction of sp³-hybridized carbons (Fsp3) is 0.136. The van der Waals surface area contributed by atoms with Crippen LogP contribution in [-0.2, 0) is 0 Å². The molecule has 0 aliphatic carbocycles. The topological polar surface area (TPSA) is 106 Å². The fourth-order valence-electron chi connectivity index (χ4n) is 3.39. The lowest BCUT2D eigenvalue weighted by atomic mass is 10.0. The molecule has 0 spiro atoms. The number of aliphatic hydroxyl groups excluding tert-OH is 1. The van der Waals surface area contributed by atoms with Crippen LogP contribution in [0, 0.1) is 17.5 Å². The second-order valence-corrected chi connectivity index (χ2v) is 7.87. The van der Waals surface area contributed by atoms with Crippen LogP contribution in [0.25, 0.3) is 16.8 Å². The van der Waals surface area contributed by atoms with Gasteiger partial charge in [-0.3, -0.25) is 4.79 Å². The van der Waals surface area contributed by atoms with Crippen LogP contribution >= 0.6 is 11.6 Å². The quantitative estimate of drug-likeness (QED) is 0.337. The van der Waals surface area contributed by atoms with E-state index in [4.69, 9.17) is 17.3 Å². The summed E-state index contributed by atoms with van der Waals surface area (Å²) in [5.41, 5.74) is 4.28. The van der Waals surface area contributed by atoms with Crippen molar-refractivity contribution >= 4 is 29.1 Å². The van der Waals surface area contributed by atoms with Crippen molar-refractivity contribution < 1.29 is 31.9 Å². The first-order valence-electron chi connectivity index (χ1n) is 9.88. The molecule has 4 aromatic rings. The second kappa shape index (κ2) is 9.12. The molecule has 13 heteroatoms. The third-order valence-electron chi connectivity index (χ3n) is 5.14. The van der Waals surface area contributed by atoms with Gasteiger partial charge in [-0.1, -0.05) is 23.7 Å². The molecule has 1 atom stereocenters. The van der Waals surface area contributed by atoms with Gasteiger partial charge >= 0.3 is 0 Å². The average Bonchev–Trinajstić information content (AvgIpc) is 3.18. The summed E-state index contributed by atoms with van der Waals surface area (Å²) >= 11 is 5.96. The average molecular weight is 512 g/mol. The number of alkyl halides is 2. The Bertz CT molecular complexity index is 1450. The summed E-state index contributed by atoms with van der Waals surface area (Å²) in [6.07, 6.45) is -1.33. The fourth-order valence-corrected chi connectivity index (χ4v) is 3.62. The van der Waals surface area contributed by atoms with E-state index in [2.05, 4.69) is 10.1 Å². The Morgan fingerprint density at radius 1 is 1.17 bits per heavy atom. The molecular weight excluding hydrogens is 497 g/mol. The minimum Gasteiger partial charge on any atom is -0.382 e. The van der Waals surface area contributed by atoms with Gasteiger partial charge in [-0.05, 0) is 35.9 Å². The van der Waals surface area contributed by atoms with Crippen molar-refractivity contribution in [1.29, 1.82) is 0 Å². The number of amides is 1. The highest BCUT2D eigenvalue weighted by Gasteiger charge is 2.42. The number of nitrogens with one attached hydrogen (secondary N) is 1. The lowest BCUT2D eigenvalue weighted by Gasteiger charge is -2.24. The zero-order valence-electron chi connectivity index (χ0n) is 17.4. The maximum absolute atomic E-state index is 15.3. The van der Waals surface area contributed by atoms with Crippen LogP contribution in [-0.4, -0.2) is 38.1 Å². The summed E-state index contributed by atoms with van der Waals surface area (Å²) in [7, 11) is 0. The van der Waals surface area contributed by atoms with Crippen molar-refractivity contribution in [2.24, 2.45) is 0 Å². The molecule has 0 saturated heterocycles. The Morgan fingerprint density at radius 2 is 1.91 bits per heavy atom.